The first-order valence-electron chi connectivity index (χ1n) is 14.9. The van der Waals surface area contributed by atoms with Crippen LogP contribution in [0.5, 0.6) is 11.5 Å². The number of urea groups is 1. The van der Waals surface area contributed by atoms with Crippen LogP contribution in [0.4, 0.5) is 10.5 Å². The van der Waals surface area contributed by atoms with Gasteiger partial charge in [-0.25, -0.2) is 9.69 Å². The Morgan fingerprint density at radius 3 is 2.19 bits per heavy atom. The van der Waals surface area contributed by atoms with Crippen LogP contribution in [0.15, 0.2) is 76.8 Å². The van der Waals surface area contributed by atoms with Crippen LogP contribution in [0, 0.1) is 17.8 Å². The first kappa shape index (κ1) is 27.9. The van der Waals surface area contributed by atoms with Crippen LogP contribution >= 0.6 is 15.9 Å². The highest BCUT2D eigenvalue weighted by Gasteiger charge is 2.51. The lowest BCUT2D eigenvalue weighted by atomic mass is 9.48. The summed E-state index contributed by atoms with van der Waals surface area (Å²) in [6.45, 7) is 0.351. The number of imide groups is 2. The predicted octanol–water partition coefficient (Wildman–Crippen LogP) is 7.17. The van der Waals surface area contributed by atoms with Crippen molar-refractivity contribution in [3.8, 4) is 11.5 Å². The third-order valence-corrected chi connectivity index (χ3v) is 10.4. The minimum Gasteiger partial charge on any atom is -0.493 e. The third kappa shape index (κ3) is 5.16. The van der Waals surface area contributed by atoms with Crippen molar-refractivity contribution in [1.29, 1.82) is 0 Å². The monoisotopic (exact) mass is 640 g/mol. The Morgan fingerprint density at radius 2 is 1.56 bits per heavy atom. The summed E-state index contributed by atoms with van der Waals surface area (Å²) in [4.78, 5) is 40.5. The zero-order valence-corrected chi connectivity index (χ0v) is 25.6. The molecule has 43 heavy (non-hydrogen) atoms. The summed E-state index contributed by atoms with van der Waals surface area (Å²) >= 11 is 3.55. The number of nitrogens with one attached hydrogen (secondary N) is 1. The molecule has 0 unspecified atom stereocenters. The molecule has 0 atom stereocenters. The van der Waals surface area contributed by atoms with Crippen molar-refractivity contribution in [2.75, 3.05) is 12.0 Å². The van der Waals surface area contributed by atoms with Crippen LogP contribution in [0.25, 0.3) is 6.08 Å². The van der Waals surface area contributed by atoms with Crippen molar-refractivity contribution in [1.82, 2.24) is 5.32 Å². The van der Waals surface area contributed by atoms with Crippen molar-refractivity contribution in [3.63, 3.8) is 0 Å². The summed E-state index contributed by atoms with van der Waals surface area (Å²) in [5, 5.41) is 2.34. The Hall–Kier alpha value is -3.91. The fourth-order valence-corrected chi connectivity index (χ4v) is 8.58. The van der Waals surface area contributed by atoms with Gasteiger partial charge in [-0.3, -0.25) is 14.9 Å². The standard InChI is InChI=1S/C35H33BrN2O5/c1-42-30-15-25(29(36)16-31(30)43-20-21-5-3-2-4-6-21)14-28-32(39)37-34(41)38(33(28)40)27-9-7-26(8-10-27)35-17-22-11-23(18-35)13-24(12-22)19-35/h2-10,14-16,22-24H,11-13,17-20H2,1H3,(H,37,39,41)/b28-14+. The van der Waals surface area contributed by atoms with E-state index < -0.39 is 17.8 Å². The molecule has 1 aliphatic heterocycles. The second-order valence-corrected chi connectivity index (χ2v) is 13.4. The average molecular weight is 642 g/mol. The summed E-state index contributed by atoms with van der Waals surface area (Å²) in [6, 6.07) is 20.3. The van der Waals surface area contributed by atoms with Crippen LogP contribution in [-0.4, -0.2) is 25.0 Å². The predicted molar refractivity (Wildman–Crippen MR) is 167 cm³/mol. The topological polar surface area (TPSA) is 84.9 Å². The van der Waals surface area contributed by atoms with Gasteiger partial charge in [-0.1, -0.05) is 58.4 Å². The van der Waals surface area contributed by atoms with Gasteiger partial charge in [0.25, 0.3) is 11.8 Å². The van der Waals surface area contributed by atoms with Gasteiger partial charge in [-0.05, 0) is 109 Å². The second-order valence-electron chi connectivity index (χ2n) is 12.5. The molecule has 4 amide bonds. The molecule has 7 nitrogen and oxygen atoms in total. The molecule has 1 heterocycles. The highest BCUT2D eigenvalue weighted by atomic mass is 79.9. The van der Waals surface area contributed by atoms with Gasteiger partial charge >= 0.3 is 6.03 Å². The first-order chi connectivity index (χ1) is 20.8. The van der Waals surface area contributed by atoms with Gasteiger partial charge in [-0.2, -0.15) is 0 Å². The number of amides is 4. The van der Waals surface area contributed by atoms with E-state index in [9.17, 15) is 14.4 Å². The summed E-state index contributed by atoms with van der Waals surface area (Å²) < 4.78 is 12.1. The molecule has 4 saturated carbocycles. The zero-order chi connectivity index (χ0) is 29.7. The Balaban J connectivity index is 1.14. The summed E-state index contributed by atoms with van der Waals surface area (Å²) in [7, 11) is 1.53. The molecule has 1 N–H and O–H groups in total. The Labute approximate surface area is 259 Å². The van der Waals surface area contributed by atoms with Crippen LogP contribution in [0.2, 0.25) is 0 Å². The van der Waals surface area contributed by atoms with Crippen molar-refractivity contribution in [3.05, 3.63) is 93.5 Å². The number of carbonyl (C=O) groups is 3. The number of anilines is 1. The smallest absolute Gasteiger partial charge is 0.335 e. The van der Waals surface area contributed by atoms with Gasteiger partial charge in [0.15, 0.2) is 11.5 Å². The number of rotatable bonds is 7. The zero-order valence-electron chi connectivity index (χ0n) is 24.0. The number of hydrogen-bond acceptors (Lipinski definition) is 5. The molecule has 4 bridgehead atoms. The highest BCUT2D eigenvalue weighted by Crippen LogP contribution is 2.60. The van der Waals surface area contributed by atoms with E-state index in [1.54, 1.807) is 12.1 Å². The van der Waals surface area contributed by atoms with Gasteiger partial charge in [0.1, 0.15) is 12.2 Å². The molecule has 3 aromatic carbocycles. The number of barbiturate groups is 1. The molecular formula is C35H33BrN2O5. The van der Waals surface area contributed by atoms with E-state index >= 15 is 0 Å². The highest BCUT2D eigenvalue weighted by molar-refractivity contribution is 9.10. The Kier molecular flexibility index (Phi) is 7.12. The van der Waals surface area contributed by atoms with E-state index in [0.717, 1.165) is 28.2 Å². The molecule has 0 aromatic heterocycles. The first-order valence-corrected chi connectivity index (χ1v) is 15.7. The maximum atomic E-state index is 13.7. The largest absolute Gasteiger partial charge is 0.493 e. The lowest BCUT2D eigenvalue weighted by Gasteiger charge is -2.57. The SMILES string of the molecule is COc1cc(/C=C2\C(=O)NC(=O)N(c3ccc(C45CC6CC(CC(C6)C4)C5)cc3)C2=O)c(Br)cc1OCc1ccccc1. The van der Waals surface area contributed by atoms with Crippen molar-refractivity contribution >= 4 is 45.5 Å². The maximum absolute atomic E-state index is 13.7. The number of ether oxygens (including phenoxy) is 2. The molecule has 8 heteroatoms. The van der Waals surface area contributed by atoms with E-state index in [1.165, 1.54) is 57.3 Å². The number of hydrogen-bond donors (Lipinski definition) is 1. The number of methoxy groups -OCH3 is 1. The maximum Gasteiger partial charge on any atom is 0.335 e. The lowest BCUT2D eigenvalue weighted by molar-refractivity contribution is -0.122. The van der Waals surface area contributed by atoms with Crippen molar-refractivity contribution in [2.45, 2.75) is 50.5 Å². The normalized spacial score (nSPS) is 27.0. The average Bonchev–Trinajstić information content (AvgIpc) is 2.99. The van der Waals surface area contributed by atoms with E-state index in [0.29, 0.717) is 33.8 Å². The van der Waals surface area contributed by atoms with Gasteiger partial charge in [0, 0.05) is 4.47 Å². The fourth-order valence-electron chi connectivity index (χ4n) is 8.14. The minimum absolute atomic E-state index is 0.148. The lowest BCUT2D eigenvalue weighted by Crippen LogP contribution is -2.54. The third-order valence-electron chi connectivity index (χ3n) is 9.70. The van der Waals surface area contributed by atoms with Gasteiger partial charge in [0.05, 0.1) is 12.8 Å². The molecule has 1 saturated heterocycles. The van der Waals surface area contributed by atoms with Crippen LogP contribution < -0.4 is 19.7 Å². The molecule has 4 aliphatic carbocycles. The van der Waals surface area contributed by atoms with Crippen LogP contribution in [-0.2, 0) is 21.6 Å². The summed E-state index contributed by atoms with van der Waals surface area (Å²) in [5.74, 6) is 2.00. The minimum atomic E-state index is -0.754. The van der Waals surface area contributed by atoms with Crippen molar-refractivity contribution < 1.29 is 23.9 Å². The van der Waals surface area contributed by atoms with Gasteiger partial charge in [-0.15, -0.1) is 0 Å². The molecule has 5 aliphatic rings. The second kappa shape index (κ2) is 11.0. The Bertz CT molecular complexity index is 1600. The molecule has 3 aromatic rings. The molecule has 8 rings (SSSR count). The Morgan fingerprint density at radius 1 is 0.907 bits per heavy atom. The molecular weight excluding hydrogens is 608 g/mol. The number of nitrogens with zero attached hydrogens (tertiary/aromatic N) is 1. The van der Waals surface area contributed by atoms with Crippen LogP contribution in [0.3, 0.4) is 0 Å². The summed E-state index contributed by atoms with van der Waals surface area (Å²) in [5.41, 5.74) is 3.35. The number of carbonyl (C=O) groups excluding carboxylic acids is 3. The van der Waals surface area contributed by atoms with Crippen molar-refractivity contribution in [2.24, 2.45) is 17.8 Å². The molecule has 0 spiro atoms. The number of halogens is 1. The van der Waals surface area contributed by atoms with Crippen LogP contribution in [0.1, 0.15) is 55.2 Å². The fraction of sp³-hybridized carbons (Fsp3) is 0.343. The molecule has 0 radical (unpaired) electrons. The number of benzene rings is 3. The van der Waals surface area contributed by atoms with Gasteiger partial charge < -0.3 is 9.47 Å². The van der Waals surface area contributed by atoms with E-state index in [1.807, 2.05) is 42.5 Å². The van der Waals surface area contributed by atoms with E-state index in [-0.39, 0.29) is 11.0 Å². The molecule has 5 fully saturated rings. The summed E-state index contributed by atoms with van der Waals surface area (Å²) in [6.07, 6.45) is 9.28. The van der Waals surface area contributed by atoms with E-state index in [4.69, 9.17) is 9.47 Å². The quantitative estimate of drug-likeness (QED) is 0.219. The van der Waals surface area contributed by atoms with E-state index in [2.05, 4.69) is 33.4 Å². The molecule has 220 valence electrons. The van der Waals surface area contributed by atoms with Gasteiger partial charge in [0.2, 0.25) is 0 Å².